The van der Waals surface area contributed by atoms with Crippen LogP contribution < -0.4 is 15.4 Å². The molecular formula is C23H37N5O2. The van der Waals surface area contributed by atoms with Crippen molar-refractivity contribution in [3.63, 3.8) is 0 Å². The van der Waals surface area contributed by atoms with E-state index in [9.17, 15) is 4.79 Å². The Labute approximate surface area is 180 Å². The molecule has 1 saturated heterocycles. The van der Waals surface area contributed by atoms with E-state index in [2.05, 4.69) is 32.3 Å². The highest BCUT2D eigenvalue weighted by atomic mass is 16.5. The van der Waals surface area contributed by atoms with Crippen molar-refractivity contribution in [2.45, 2.75) is 32.6 Å². The molecule has 0 atom stereocenters. The molecule has 0 radical (unpaired) electrons. The monoisotopic (exact) mass is 415 g/mol. The summed E-state index contributed by atoms with van der Waals surface area (Å²) < 4.78 is 5.71. The molecule has 1 saturated carbocycles. The smallest absolute Gasteiger partial charge is 0.225 e. The highest BCUT2D eigenvalue weighted by Crippen LogP contribution is 2.26. The molecule has 0 aromatic heterocycles. The molecule has 2 fully saturated rings. The van der Waals surface area contributed by atoms with Gasteiger partial charge < -0.3 is 20.3 Å². The molecule has 166 valence electrons. The fourth-order valence-corrected chi connectivity index (χ4v) is 4.12. The summed E-state index contributed by atoms with van der Waals surface area (Å²) in [6.07, 6.45) is 4.61. The second-order valence-corrected chi connectivity index (χ2v) is 8.00. The molecule has 1 amide bonds. The van der Waals surface area contributed by atoms with Crippen LogP contribution in [0.4, 0.5) is 0 Å². The minimum Gasteiger partial charge on any atom is -0.492 e. The van der Waals surface area contributed by atoms with Crippen LogP contribution in [0.15, 0.2) is 35.3 Å². The van der Waals surface area contributed by atoms with E-state index in [0.717, 1.165) is 70.4 Å². The highest BCUT2D eigenvalue weighted by Gasteiger charge is 2.29. The van der Waals surface area contributed by atoms with Gasteiger partial charge in [-0.3, -0.25) is 14.7 Å². The number of carbonyl (C=O) groups excluding carboxylic acids is 1. The van der Waals surface area contributed by atoms with E-state index in [1.165, 1.54) is 12.8 Å². The molecule has 30 heavy (non-hydrogen) atoms. The van der Waals surface area contributed by atoms with E-state index in [1.807, 2.05) is 30.3 Å². The number of carbonyl (C=O) groups is 1. The number of aliphatic imine (C=N–C) groups is 1. The first-order valence-electron chi connectivity index (χ1n) is 11.5. The summed E-state index contributed by atoms with van der Waals surface area (Å²) in [6.45, 7) is 9.45. The van der Waals surface area contributed by atoms with Crippen LogP contribution >= 0.6 is 0 Å². The third-order valence-electron chi connectivity index (χ3n) is 5.83. The van der Waals surface area contributed by atoms with Crippen molar-refractivity contribution in [1.29, 1.82) is 0 Å². The van der Waals surface area contributed by atoms with Gasteiger partial charge in [-0.1, -0.05) is 31.0 Å². The molecule has 1 aliphatic carbocycles. The molecule has 1 aromatic rings. The van der Waals surface area contributed by atoms with Gasteiger partial charge in [0.15, 0.2) is 5.96 Å². The SMILES string of the molecule is CCNC(=NCCN1CCN(C(=O)C2CCCC2)CC1)NCCOc1ccccc1. The van der Waals surface area contributed by atoms with Gasteiger partial charge in [0.05, 0.1) is 13.1 Å². The zero-order chi connectivity index (χ0) is 21.0. The zero-order valence-electron chi connectivity index (χ0n) is 18.3. The van der Waals surface area contributed by atoms with E-state index in [4.69, 9.17) is 4.74 Å². The van der Waals surface area contributed by atoms with Gasteiger partial charge in [-0.2, -0.15) is 0 Å². The summed E-state index contributed by atoms with van der Waals surface area (Å²) in [7, 11) is 0. The molecule has 7 heteroatoms. The first kappa shape index (κ1) is 22.4. The number of rotatable bonds is 9. The Morgan fingerprint density at radius 3 is 2.53 bits per heavy atom. The molecular weight excluding hydrogens is 378 g/mol. The number of guanidine groups is 1. The number of nitrogens with one attached hydrogen (secondary N) is 2. The maximum Gasteiger partial charge on any atom is 0.225 e. The van der Waals surface area contributed by atoms with E-state index in [0.29, 0.717) is 25.0 Å². The van der Waals surface area contributed by atoms with Crippen LogP contribution in [-0.4, -0.2) is 80.6 Å². The van der Waals surface area contributed by atoms with Crippen LogP contribution in [0, 0.1) is 5.92 Å². The van der Waals surface area contributed by atoms with Gasteiger partial charge in [0.25, 0.3) is 0 Å². The Hall–Kier alpha value is -2.28. The summed E-state index contributed by atoms with van der Waals surface area (Å²) in [5, 5.41) is 6.61. The summed E-state index contributed by atoms with van der Waals surface area (Å²) in [5.74, 6) is 2.39. The summed E-state index contributed by atoms with van der Waals surface area (Å²) in [4.78, 5) is 21.7. The quantitative estimate of drug-likeness (QED) is 0.367. The second kappa shape index (κ2) is 12.4. The van der Waals surface area contributed by atoms with Gasteiger partial charge in [-0.25, -0.2) is 0 Å². The molecule has 1 aromatic carbocycles. The lowest BCUT2D eigenvalue weighted by molar-refractivity contribution is -0.137. The lowest BCUT2D eigenvalue weighted by atomic mass is 10.1. The molecule has 0 bridgehead atoms. The number of hydrogen-bond acceptors (Lipinski definition) is 4. The molecule has 0 spiro atoms. The number of para-hydroxylation sites is 1. The third-order valence-corrected chi connectivity index (χ3v) is 5.83. The number of benzene rings is 1. The summed E-state index contributed by atoms with van der Waals surface area (Å²) in [6, 6.07) is 9.84. The van der Waals surface area contributed by atoms with Crippen molar-refractivity contribution in [3.05, 3.63) is 30.3 Å². The first-order valence-corrected chi connectivity index (χ1v) is 11.5. The van der Waals surface area contributed by atoms with E-state index < -0.39 is 0 Å². The minimum atomic E-state index is 0.292. The number of nitrogens with zero attached hydrogens (tertiary/aromatic N) is 3. The average Bonchev–Trinajstić information content (AvgIpc) is 3.32. The zero-order valence-corrected chi connectivity index (χ0v) is 18.3. The fraction of sp³-hybridized carbons (Fsp3) is 0.652. The standard InChI is InChI=1S/C23H37N5O2/c1-2-24-23(26-13-19-30-21-10-4-3-5-11-21)25-12-14-27-15-17-28(18-16-27)22(29)20-8-6-7-9-20/h3-5,10-11,20H,2,6-9,12-19H2,1H3,(H2,24,25,26). The minimum absolute atomic E-state index is 0.292. The molecule has 3 rings (SSSR count). The van der Waals surface area contributed by atoms with Crippen LogP contribution in [0.1, 0.15) is 32.6 Å². The predicted molar refractivity (Wildman–Crippen MR) is 121 cm³/mol. The van der Waals surface area contributed by atoms with Gasteiger partial charge in [0.1, 0.15) is 12.4 Å². The number of amides is 1. The van der Waals surface area contributed by atoms with E-state index >= 15 is 0 Å². The van der Waals surface area contributed by atoms with Gasteiger partial charge in [0, 0.05) is 45.2 Å². The molecule has 2 aliphatic rings. The first-order chi connectivity index (χ1) is 14.8. The van der Waals surface area contributed by atoms with Crippen molar-refractivity contribution in [3.8, 4) is 5.75 Å². The Bertz CT molecular complexity index is 653. The topological polar surface area (TPSA) is 69.2 Å². The Morgan fingerprint density at radius 2 is 1.83 bits per heavy atom. The lowest BCUT2D eigenvalue weighted by Gasteiger charge is -2.35. The van der Waals surface area contributed by atoms with Gasteiger partial charge in [-0.05, 0) is 31.9 Å². The second-order valence-electron chi connectivity index (χ2n) is 8.00. The average molecular weight is 416 g/mol. The third kappa shape index (κ3) is 7.20. The summed E-state index contributed by atoms with van der Waals surface area (Å²) in [5.41, 5.74) is 0. The van der Waals surface area contributed by atoms with Gasteiger partial charge in [0.2, 0.25) is 5.91 Å². The molecule has 7 nitrogen and oxygen atoms in total. The number of ether oxygens (including phenoxy) is 1. The van der Waals surface area contributed by atoms with Crippen LogP contribution in [0.5, 0.6) is 5.75 Å². The van der Waals surface area contributed by atoms with Crippen LogP contribution in [0.2, 0.25) is 0 Å². The molecule has 2 N–H and O–H groups in total. The van der Waals surface area contributed by atoms with Gasteiger partial charge >= 0.3 is 0 Å². The molecule has 0 unspecified atom stereocenters. The van der Waals surface area contributed by atoms with Crippen molar-refractivity contribution < 1.29 is 9.53 Å². The van der Waals surface area contributed by atoms with E-state index in [-0.39, 0.29) is 0 Å². The van der Waals surface area contributed by atoms with Crippen LogP contribution in [0.3, 0.4) is 0 Å². The maximum absolute atomic E-state index is 12.6. The maximum atomic E-state index is 12.6. The van der Waals surface area contributed by atoms with Crippen molar-refractivity contribution in [2.24, 2.45) is 10.9 Å². The largest absolute Gasteiger partial charge is 0.492 e. The fourth-order valence-electron chi connectivity index (χ4n) is 4.12. The van der Waals surface area contributed by atoms with Gasteiger partial charge in [-0.15, -0.1) is 0 Å². The highest BCUT2D eigenvalue weighted by molar-refractivity contribution is 5.80. The molecule has 1 heterocycles. The lowest BCUT2D eigenvalue weighted by Crippen LogP contribution is -2.50. The van der Waals surface area contributed by atoms with Crippen molar-refractivity contribution in [1.82, 2.24) is 20.4 Å². The van der Waals surface area contributed by atoms with Crippen LogP contribution in [0.25, 0.3) is 0 Å². The Kier molecular flexibility index (Phi) is 9.28. The Morgan fingerprint density at radius 1 is 1.10 bits per heavy atom. The van der Waals surface area contributed by atoms with Crippen molar-refractivity contribution in [2.75, 3.05) is 59.0 Å². The normalized spacial score (nSPS) is 18.4. The number of hydrogen-bond donors (Lipinski definition) is 2. The number of piperazine rings is 1. The van der Waals surface area contributed by atoms with Crippen molar-refractivity contribution >= 4 is 11.9 Å². The predicted octanol–water partition coefficient (Wildman–Crippen LogP) is 1.95. The van der Waals surface area contributed by atoms with Crippen LogP contribution in [-0.2, 0) is 4.79 Å². The van der Waals surface area contributed by atoms with E-state index in [1.54, 1.807) is 0 Å². The summed E-state index contributed by atoms with van der Waals surface area (Å²) >= 11 is 0. The Balaban J connectivity index is 1.32. The molecule has 1 aliphatic heterocycles.